The first-order valence-corrected chi connectivity index (χ1v) is 11.9. The highest BCUT2D eigenvalue weighted by Gasteiger charge is 2.32. The highest BCUT2D eigenvalue weighted by molar-refractivity contribution is 6.03. The molecular weight excluding hydrogens is 424 g/mol. The zero-order chi connectivity index (χ0) is 23.8. The Morgan fingerprint density at radius 2 is 1.65 bits per heavy atom. The van der Waals surface area contributed by atoms with Crippen molar-refractivity contribution in [2.75, 3.05) is 13.2 Å². The lowest BCUT2D eigenvalue weighted by molar-refractivity contribution is -0.134. The molecule has 3 aromatic carbocycles. The first-order valence-electron chi connectivity index (χ1n) is 11.9. The fourth-order valence-electron chi connectivity index (χ4n) is 4.20. The number of amides is 1. The summed E-state index contributed by atoms with van der Waals surface area (Å²) in [6, 6.07) is 26.1. The molecular formula is C29H32N2O3. The van der Waals surface area contributed by atoms with Gasteiger partial charge in [-0.15, -0.1) is 0 Å². The van der Waals surface area contributed by atoms with E-state index in [0.29, 0.717) is 39.1 Å². The van der Waals surface area contributed by atoms with Gasteiger partial charge in [-0.3, -0.25) is 4.79 Å². The van der Waals surface area contributed by atoms with Crippen LogP contribution < -0.4 is 4.74 Å². The molecule has 5 heteroatoms. The molecule has 0 aliphatic carbocycles. The standard InChI is InChI=1S/C29H32N2O3/c1-22-16-23(2)18-25(17-22)28-19-26(21-33-20-24-10-5-3-6-11-24)31(30-28)29(32)14-9-15-34-27-12-7-4-8-13-27/h3-8,10-13,16-18,26H,9,14-15,19-21H2,1-2H3. The third-order valence-corrected chi connectivity index (χ3v) is 5.78. The van der Waals surface area contributed by atoms with E-state index in [1.165, 1.54) is 11.1 Å². The molecule has 1 amide bonds. The van der Waals surface area contributed by atoms with Crippen molar-refractivity contribution in [3.05, 3.63) is 101 Å². The molecule has 0 radical (unpaired) electrons. The predicted molar refractivity (Wildman–Crippen MR) is 135 cm³/mol. The Bertz CT molecular complexity index is 1090. The van der Waals surface area contributed by atoms with E-state index in [1.807, 2.05) is 60.7 Å². The summed E-state index contributed by atoms with van der Waals surface area (Å²) >= 11 is 0. The number of hydrazone groups is 1. The van der Waals surface area contributed by atoms with Crippen LogP contribution in [0.1, 0.15) is 41.5 Å². The Morgan fingerprint density at radius 3 is 2.35 bits per heavy atom. The van der Waals surface area contributed by atoms with Crippen molar-refractivity contribution in [2.24, 2.45) is 5.10 Å². The van der Waals surface area contributed by atoms with Crippen LogP contribution in [0.15, 0.2) is 84.0 Å². The summed E-state index contributed by atoms with van der Waals surface area (Å²) in [6.45, 7) is 5.62. The smallest absolute Gasteiger partial charge is 0.243 e. The zero-order valence-corrected chi connectivity index (χ0v) is 19.9. The number of ether oxygens (including phenoxy) is 2. The van der Waals surface area contributed by atoms with Gasteiger partial charge >= 0.3 is 0 Å². The van der Waals surface area contributed by atoms with Crippen molar-refractivity contribution in [3.63, 3.8) is 0 Å². The summed E-state index contributed by atoms with van der Waals surface area (Å²) in [5.41, 5.74) is 5.52. The largest absolute Gasteiger partial charge is 0.494 e. The SMILES string of the molecule is Cc1cc(C)cc(C2=NN(C(=O)CCCOc3ccccc3)C(COCc3ccccc3)C2)c1. The second-order valence-electron chi connectivity index (χ2n) is 8.79. The first-order chi connectivity index (χ1) is 16.6. The average molecular weight is 457 g/mol. The molecule has 5 nitrogen and oxygen atoms in total. The maximum atomic E-state index is 13.1. The Morgan fingerprint density at radius 1 is 0.971 bits per heavy atom. The molecule has 0 fully saturated rings. The fraction of sp³-hybridized carbons (Fsp3) is 0.310. The van der Waals surface area contributed by atoms with Gasteiger partial charge in [0, 0.05) is 12.8 Å². The van der Waals surface area contributed by atoms with Gasteiger partial charge in [0.05, 0.1) is 31.6 Å². The fourth-order valence-corrected chi connectivity index (χ4v) is 4.20. The monoisotopic (exact) mass is 456 g/mol. The van der Waals surface area contributed by atoms with Crippen LogP contribution in [0.2, 0.25) is 0 Å². The lowest BCUT2D eigenvalue weighted by Crippen LogP contribution is -2.36. The number of para-hydroxylation sites is 1. The number of carbonyl (C=O) groups is 1. The van der Waals surface area contributed by atoms with Gasteiger partial charge in [0.1, 0.15) is 5.75 Å². The summed E-state index contributed by atoms with van der Waals surface area (Å²) in [7, 11) is 0. The van der Waals surface area contributed by atoms with Crippen molar-refractivity contribution in [1.29, 1.82) is 0 Å². The van der Waals surface area contributed by atoms with Gasteiger partial charge in [0.2, 0.25) is 5.91 Å². The molecule has 1 aliphatic heterocycles. The van der Waals surface area contributed by atoms with Gasteiger partial charge < -0.3 is 9.47 Å². The molecule has 0 saturated heterocycles. The van der Waals surface area contributed by atoms with Gasteiger partial charge in [-0.05, 0) is 43.5 Å². The van der Waals surface area contributed by atoms with Crippen molar-refractivity contribution in [2.45, 2.75) is 45.8 Å². The molecule has 0 saturated carbocycles. The zero-order valence-electron chi connectivity index (χ0n) is 19.9. The second kappa shape index (κ2) is 11.6. The van der Waals surface area contributed by atoms with Crippen LogP contribution in [0.3, 0.4) is 0 Å². The molecule has 0 bridgehead atoms. The van der Waals surface area contributed by atoms with Gasteiger partial charge in [-0.25, -0.2) is 5.01 Å². The quantitative estimate of drug-likeness (QED) is 0.369. The number of nitrogens with zero attached hydrogens (tertiary/aromatic N) is 2. The molecule has 1 unspecified atom stereocenters. The van der Waals surface area contributed by atoms with E-state index in [4.69, 9.17) is 14.6 Å². The molecule has 34 heavy (non-hydrogen) atoms. The Kier molecular flexibility index (Phi) is 8.10. The molecule has 1 heterocycles. The summed E-state index contributed by atoms with van der Waals surface area (Å²) in [5, 5.41) is 6.40. The number of carbonyl (C=O) groups excluding carboxylic acids is 1. The van der Waals surface area contributed by atoms with Crippen LogP contribution in [0.5, 0.6) is 5.75 Å². The van der Waals surface area contributed by atoms with Crippen LogP contribution in [0.25, 0.3) is 0 Å². The topological polar surface area (TPSA) is 51.1 Å². The van der Waals surface area contributed by atoms with Gasteiger partial charge in [0.25, 0.3) is 0 Å². The molecule has 1 aliphatic rings. The number of rotatable bonds is 10. The molecule has 0 aromatic heterocycles. The lowest BCUT2D eigenvalue weighted by atomic mass is 10.00. The minimum atomic E-state index is -0.109. The van der Waals surface area contributed by atoms with E-state index >= 15 is 0 Å². The lowest BCUT2D eigenvalue weighted by Gasteiger charge is -2.21. The van der Waals surface area contributed by atoms with Crippen LogP contribution >= 0.6 is 0 Å². The van der Waals surface area contributed by atoms with E-state index in [-0.39, 0.29) is 11.9 Å². The highest BCUT2D eigenvalue weighted by Crippen LogP contribution is 2.24. The van der Waals surface area contributed by atoms with E-state index in [0.717, 1.165) is 22.6 Å². The van der Waals surface area contributed by atoms with E-state index < -0.39 is 0 Å². The minimum Gasteiger partial charge on any atom is -0.494 e. The Balaban J connectivity index is 1.39. The molecule has 4 rings (SSSR count). The predicted octanol–water partition coefficient (Wildman–Crippen LogP) is 5.68. The molecule has 0 N–H and O–H groups in total. The van der Waals surface area contributed by atoms with Crippen molar-refractivity contribution in [3.8, 4) is 5.75 Å². The Hall–Kier alpha value is -3.44. The first kappa shape index (κ1) is 23.7. The van der Waals surface area contributed by atoms with Gasteiger partial charge in [0.15, 0.2) is 0 Å². The van der Waals surface area contributed by atoms with E-state index in [9.17, 15) is 4.79 Å². The third-order valence-electron chi connectivity index (χ3n) is 5.78. The van der Waals surface area contributed by atoms with Gasteiger partial charge in [-0.1, -0.05) is 77.9 Å². The van der Waals surface area contributed by atoms with E-state index in [1.54, 1.807) is 5.01 Å². The van der Waals surface area contributed by atoms with Crippen LogP contribution in [0.4, 0.5) is 0 Å². The second-order valence-corrected chi connectivity index (χ2v) is 8.79. The summed E-state index contributed by atoms with van der Waals surface area (Å²) in [5.74, 6) is 0.822. The number of benzene rings is 3. The normalized spacial score (nSPS) is 15.3. The highest BCUT2D eigenvalue weighted by atomic mass is 16.5. The van der Waals surface area contributed by atoms with E-state index in [2.05, 4.69) is 32.0 Å². The van der Waals surface area contributed by atoms with Crippen molar-refractivity contribution >= 4 is 11.6 Å². The van der Waals surface area contributed by atoms with Gasteiger partial charge in [-0.2, -0.15) is 5.10 Å². The maximum Gasteiger partial charge on any atom is 0.243 e. The molecule has 1 atom stereocenters. The molecule has 0 spiro atoms. The van der Waals surface area contributed by atoms with Crippen LogP contribution in [0, 0.1) is 13.8 Å². The molecule has 3 aromatic rings. The number of aryl methyl sites for hydroxylation is 2. The summed E-state index contributed by atoms with van der Waals surface area (Å²) in [4.78, 5) is 13.1. The summed E-state index contributed by atoms with van der Waals surface area (Å²) in [6.07, 6.45) is 1.70. The minimum absolute atomic E-state index is 0.00403. The summed E-state index contributed by atoms with van der Waals surface area (Å²) < 4.78 is 11.8. The Labute approximate surface area is 202 Å². The average Bonchev–Trinajstić information content (AvgIpc) is 3.27. The van der Waals surface area contributed by atoms with Crippen LogP contribution in [-0.4, -0.2) is 35.9 Å². The molecule has 176 valence electrons. The third kappa shape index (κ3) is 6.55. The van der Waals surface area contributed by atoms with Crippen molar-refractivity contribution < 1.29 is 14.3 Å². The maximum absolute atomic E-state index is 13.1. The number of hydrogen-bond acceptors (Lipinski definition) is 4. The van der Waals surface area contributed by atoms with Crippen molar-refractivity contribution in [1.82, 2.24) is 5.01 Å². The van der Waals surface area contributed by atoms with Crippen LogP contribution in [-0.2, 0) is 16.1 Å². The number of hydrogen-bond donors (Lipinski definition) is 0.